The minimum atomic E-state index is -0.284. The first-order chi connectivity index (χ1) is 10.0. The zero-order valence-electron chi connectivity index (χ0n) is 11.9. The van der Waals surface area contributed by atoms with Crippen LogP contribution in [0.25, 0.3) is 0 Å². The van der Waals surface area contributed by atoms with E-state index in [4.69, 9.17) is 4.74 Å². The number of halogens is 1. The van der Waals surface area contributed by atoms with Gasteiger partial charge in [0.1, 0.15) is 11.6 Å². The van der Waals surface area contributed by atoms with Crippen molar-refractivity contribution >= 4 is 17.5 Å². The van der Waals surface area contributed by atoms with Gasteiger partial charge in [0.25, 0.3) is 0 Å². The van der Waals surface area contributed by atoms with Gasteiger partial charge < -0.3 is 4.74 Å². The summed E-state index contributed by atoms with van der Waals surface area (Å²) < 4.78 is 18.3. The molecule has 0 unspecified atom stereocenters. The lowest BCUT2D eigenvalue weighted by molar-refractivity contribution is 0.102. The van der Waals surface area contributed by atoms with Crippen molar-refractivity contribution in [3.63, 3.8) is 0 Å². The molecule has 0 aliphatic rings. The molecule has 2 aromatic rings. The Balaban J connectivity index is 1.98. The van der Waals surface area contributed by atoms with E-state index in [1.807, 2.05) is 13.8 Å². The van der Waals surface area contributed by atoms with Crippen molar-refractivity contribution in [1.82, 2.24) is 4.98 Å². The Hall–Kier alpha value is -1.88. The van der Waals surface area contributed by atoms with Crippen molar-refractivity contribution in [3.05, 3.63) is 54.1 Å². The number of pyridine rings is 1. The van der Waals surface area contributed by atoms with Gasteiger partial charge in [-0.15, -0.1) is 11.8 Å². The average Bonchev–Trinajstić information content (AvgIpc) is 2.46. The quantitative estimate of drug-likeness (QED) is 0.598. The van der Waals surface area contributed by atoms with E-state index in [-0.39, 0.29) is 23.5 Å². The SMILES string of the molecule is CC(C)Oc1cncc(C(=O)CSc2ccc(F)cc2)c1. The van der Waals surface area contributed by atoms with Gasteiger partial charge in [-0.25, -0.2) is 4.39 Å². The van der Waals surface area contributed by atoms with Crippen LogP contribution in [0.5, 0.6) is 5.75 Å². The van der Waals surface area contributed by atoms with Crippen molar-refractivity contribution in [2.75, 3.05) is 5.75 Å². The Morgan fingerprint density at radius 2 is 2.00 bits per heavy atom. The highest BCUT2D eigenvalue weighted by Gasteiger charge is 2.09. The molecular weight excluding hydrogens is 289 g/mol. The Bertz CT molecular complexity index is 614. The first-order valence-electron chi connectivity index (χ1n) is 6.58. The zero-order valence-corrected chi connectivity index (χ0v) is 12.7. The fourth-order valence-corrected chi connectivity index (χ4v) is 2.46. The lowest BCUT2D eigenvalue weighted by Gasteiger charge is -2.09. The van der Waals surface area contributed by atoms with Gasteiger partial charge in [0.05, 0.1) is 18.1 Å². The summed E-state index contributed by atoms with van der Waals surface area (Å²) >= 11 is 1.37. The third kappa shape index (κ3) is 4.86. The zero-order chi connectivity index (χ0) is 15.2. The van der Waals surface area contributed by atoms with Gasteiger partial charge in [-0.1, -0.05) is 0 Å². The van der Waals surface area contributed by atoms with Crippen LogP contribution in [0.15, 0.2) is 47.6 Å². The molecule has 0 aliphatic heterocycles. The molecule has 5 heteroatoms. The van der Waals surface area contributed by atoms with Gasteiger partial charge >= 0.3 is 0 Å². The molecule has 0 saturated carbocycles. The van der Waals surface area contributed by atoms with Crippen LogP contribution in [0.4, 0.5) is 4.39 Å². The molecule has 0 aliphatic carbocycles. The summed E-state index contributed by atoms with van der Waals surface area (Å²) in [6, 6.07) is 7.77. The van der Waals surface area contributed by atoms with Gasteiger partial charge in [-0.3, -0.25) is 9.78 Å². The lowest BCUT2D eigenvalue weighted by atomic mass is 10.2. The molecular formula is C16H16FNO2S. The molecule has 0 amide bonds. The van der Waals surface area contributed by atoms with Crippen LogP contribution in [0, 0.1) is 5.82 Å². The van der Waals surface area contributed by atoms with Crippen molar-refractivity contribution in [1.29, 1.82) is 0 Å². The molecule has 21 heavy (non-hydrogen) atoms. The van der Waals surface area contributed by atoms with Crippen molar-refractivity contribution < 1.29 is 13.9 Å². The maximum atomic E-state index is 12.8. The number of hydrogen-bond acceptors (Lipinski definition) is 4. The third-order valence-corrected chi connectivity index (χ3v) is 3.60. The summed E-state index contributed by atoms with van der Waals surface area (Å²) in [4.78, 5) is 17.0. The molecule has 0 bridgehead atoms. The number of ketones is 1. The summed E-state index contributed by atoms with van der Waals surface area (Å²) in [7, 11) is 0. The number of rotatable bonds is 6. The van der Waals surface area contributed by atoms with Gasteiger partial charge in [0.15, 0.2) is 5.78 Å². The number of nitrogens with zero attached hydrogens (tertiary/aromatic N) is 1. The van der Waals surface area contributed by atoms with Crippen LogP contribution in [-0.4, -0.2) is 22.6 Å². The van der Waals surface area contributed by atoms with Crippen molar-refractivity contribution in [2.24, 2.45) is 0 Å². The largest absolute Gasteiger partial charge is 0.489 e. The van der Waals surface area contributed by atoms with E-state index < -0.39 is 0 Å². The van der Waals surface area contributed by atoms with Crippen LogP contribution in [0.3, 0.4) is 0 Å². The number of benzene rings is 1. The Morgan fingerprint density at radius 1 is 1.29 bits per heavy atom. The molecule has 3 nitrogen and oxygen atoms in total. The molecule has 1 aromatic heterocycles. The molecule has 0 radical (unpaired) electrons. The molecule has 0 fully saturated rings. The number of aromatic nitrogens is 1. The lowest BCUT2D eigenvalue weighted by Crippen LogP contribution is -2.08. The molecule has 0 N–H and O–H groups in total. The van der Waals surface area contributed by atoms with Crippen LogP contribution in [0.1, 0.15) is 24.2 Å². The maximum absolute atomic E-state index is 12.8. The number of ether oxygens (including phenoxy) is 1. The number of Topliss-reactive ketones (excluding diaryl/α,β-unsaturated/α-hetero) is 1. The van der Waals surface area contributed by atoms with Crippen molar-refractivity contribution in [3.8, 4) is 5.75 Å². The van der Waals surface area contributed by atoms with E-state index in [1.165, 1.54) is 30.1 Å². The van der Waals surface area contributed by atoms with E-state index in [9.17, 15) is 9.18 Å². The van der Waals surface area contributed by atoms with E-state index >= 15 is 0 Å². The predicted molar refractivity (Wildman–Crippen MR) is 81.5 cm³/mol. The topological polar surface area (TPSA) is 39.2 Å². The highest BCUT2D eigenvalue weighted by molar-refractivity contribution is 8.00. The molecule has 1 heterocycles. The first-order valence-corrected chi connectivity index (χ1v) is 7.56. The summed E-state index contributed by atoms with van der Waals surface area (Å²) in [6.45, 7) is 3.83. The average molecular weight is 305 g/mol. The second kappa shape index (κ2) is 7.22. The molecule has 0 saturated heterocycles. The summed E-state index contributed by atoms with van der Waals surface area (Å²) in [6.07, 6.45) is 3.15. The minimum Gasteiger partial charge on any atom is -0.489 e. The van der Waals surface area contributed by atoms with E-state index in [2.05, 4.69) is 4.98 Å². The predicted octanol–water partition coefficient (Wildman–Crippen LogP) is 3.98. The van der Waals surface area contributed by atoms with E-state index in [1.54, 1.807) is 24.4 Å². The fraction of sp³-hybridized carbons (Fsp3) is 0.250. The molecule has 2 rings (SSSR count). The fourth-order valence-electron chi connectivity index (χ4n) is 1.67. The molecule has 110 valence electrons. The van der Waals surface area contributed by atoms with Gasteiger partial charge in [0.2, 0.25) is 0 Å². The smallest absolute Gasteiger partial charge is 0.174 e. The molecule has 0 spiro atoms. The summed E-state index contributed by atoms with van der Waals surface area (Å²) in [5, 5.41) is 0. The van der Waals surface area contributed by atoms with Crippen LogP contribution >= 0.6 is 11.8 Å². The van der Waals surface area contributed by atoms with Gasteiger partial charge in [0, 0.05) is 16.7 Å². The Kier molecular flexibility index (Phi) is 5.33. The molecule has 0 atom stereocenters. The summed E-state index contributed by atoms with van der Waals surface area (Å²) in [5.74, 6) is 0.542. The Morgan fingerprint density at radius 3 is 2.67 bits per heavy atom. The normalized spacial score (nSPS) is 10.7. The maximum Gasteiger partial charge on any atom is 0.174 e. The number of carbonyl (C=O) groups excluding carboxylic acids is 1. The second-order valence-electron chi connectivity index (χ2n) is 4.74. The minimum absolute atomic E-state index is 0.0331. The number of carbonyl (C=O) groups is 1. The standard InChI is InChI=1S/C16H16FNO2S/c1-11(2)20-14-7-12(8-18-9-14)16(19)10-21-15-5-3-13(17)4-6-15/h3-9,11H,10H2,1-2H3. The highest BCUT2D eigenvalue weighted by atomic mass is 32.2. The third-order valence-electron chi connectivity index (χ3n) is 2.59. The van der Waals surface area contributed by atoms with Crippen molar-refractivity contribution in [2.45, 2.75) is 24.8 Å². The van der Waals surface area contributed by atoms with E-state index in [0.29, 0.717) is 11.3 Å². The van der Waals surface area contributed by atoms with Gasteiger partial charge in [-0.2, -0.15) is 0 Å². The van der Waals surface area contributed by atoms with Crippen LogP contribution in [0.2, 0.25) is 0 Å². The second-order valence-corrected chi connectivity index (χ2v) is 5.79. The number of thioether (sulfide) groups is 1. The Labute approximate surface area is 127 Å². The first kappa shape index (κ1) is 15.5. The molecule has 1 aromatic carbocycles. The monoisotopic (exact) mass is 305 g/mol. The van der Waals surface area contributed by atoms with E-state index in [0.717, 1.165) is 4.90 Å². The summed E-state index contributed by atoms with van der Waals surface area (Å²) in [5.41, 5.74) is 0.516. The number of hydrogen-bond donors (Lipinski definition) is 0. The highest BCUT2D eigenvalue weighted by Crippen LogP contribution is 2.20. The van der Waals surface area contributed by atoms with Crippen LogP contribution in [-0.2, 0) is 0 Å². The van der Waals surface area contributed by atoms with Crippen LogP contribution < -0.4 is 4.74 Å². The van der Waals surface area contributed by atoms with Gasteiger partial charge in [-0.05, 0) is 44.2 Å².